The van der Waals surface area contributed by atoms with E-state index in [9.17, 15) is 9.18 Å². The van der Waals surface area contributed by atoms with Crippen LogP contribution in [0.15, 0.2) is 18.2 Å². The van der Waals surface area contributed by atoms with Crippen molar-refractivity contribution in [1.29, 1.82) is 0 Å². The average molecular weight is 238 g/mol. The second-order valence-electron chi connectivity index (χ2n) is 4.18. The molecule has 1 amide bonds. The van der Waals surface area contributed by atoms with Gasteiger partial charge in [-0.15, -0.1) is 0 Å². The summed E-state index contributed by atoms with van der Waals surface area (Å²) in [4.78, 5) is 11.8. The Morgan fingerprint density at radius 1 is 1.47 bits per heavy atom. The quantitative estimate of drug-likeness (QED) is 0.772. The fourth-order valence-electron chi connectivity index (χ4n) is 1.88. The van der Waals surface area contributed by atoms with E-state index in [0.29, 0.717) is 24.6 Å². The molecule has 1 aliphatic heterocycles. The van der Waals surface area contributed by atoms with Crippen LogP contribution in [-0.4, -0.2) is 19.1 Å². The highest BCUT2D eigenvalue weighted by atomic mass is 19.1. The largest absolute Gasteiger partial charge is 0.399 e. The first-order valence-electron chi connectivity index (χ1n) is 5.60. The van der Waals surface area contributed by atoms with Gasteiger partial charge >= 0.3 is 0 Å². The van der Waals surface area contributed by atoms with Crippen LogP contribution in [0.4, 0.5) is 15.8 Å². The highest BCUT2D eigenvalue weighted by Gasteiger charge is 2.21. The molecule has 1 aliphatic rings. The third-order valence-electron chi connectivity index (χ3n) is 2.72. The third-order valence-corrected chi connectivity index (χ3v) is 2.72. The molecule has 17 heavy (non-hydrogen) atoms. The molecule has 0 radical (unpaired) electrons. The second-order valence-corrected chi connectivity index (χ2v) is 4.18. The van der Waals surface area contributed by atoms with E-state index in [2.05, 4.69) is 5.32 Å². The molecule has 0 spiro atoms. The summed E-state index contributed by atoms with van der Waals surface area (Å²) in [6, 6.07) is 3.99. The van der Waals surface area contributed by atoms with Crippen molar-refractivity contribution in [1.82, 2.24) is 0 Å². The first-order valence-corrected chi connectivity index (χ1v) is 5.60. The molecule has 1 atom stereocenters. The molecule has 1 aromatic carbocycles. The number of nitrogens with two attached hydrogens (primary N) is 1. The minimum atomic E-state index is -0.458. The minimum absolute atomic E-state index is 0.144. The fourth-order valence-corrected chi connectivity index (χ4v) is 1.88. The van der Waals surface area contributed by atoms with Crippen LogP contribution < -0.4 is 11.1 Å². The monoisotopic (exact) mass is 238 g/mol. The topological polar surface area (TPSA) is 64.3 Å². The molecule has 1 fully saturated rings. The zero-order valence-electron chi connectivity index (χ0n) is 9.41. The molecule has 1 aromatic rings. The third kappa shape index (κ3) is 3.17. The van der Waals surface area contributed by atoms with Crippen molar-refractivity contribution in [3.05, 3.63) is 24.0 Å². The van der Waals surface area contributed by atoms with Crippen LogP contribution in [0.5, 0.6) is 0 Å². The minimum Gasteiger partial charge on any atom is -0.399 e. The summed E-state index contributed by atoms with van der Waals surface area (Å²) in [6.07, 6.45) is 1.68. The lowest BCUT2D eigenvalue weighted by Crippen LogP contribution is -2.30. The van der Waals surface area contributed by atoms with Crippen LogP contribution in [0.1, 0.15) is 12.8 Å². The van der Waals surface area contributed by atoms with E-state index in [-0.39, 0.29) is 11.8 Å². The zero-order valence-corrected chi connectivity index (χ0v) is 9.41. The zero-order chi connectivity index (χ0) is 12.3. The highest BCUT2D eigenvalue weighted by molar-refractivity contribution is 5.93. The first-order chi connectivity index (χ1) is 8.15. The molecule has 5 heteroatoms. The molecular weight excluding hydrogens is 223 g/mol. The number of amides is 1. The van der Waals surface area contributed by atoms with Gasteiger partial charge in [0.25, 0.3) is 0 Å². The standard InChI is InChI=1S/C12H15FN2O2/c13-9-4-10(14)6-11(5-9)15-12(16)8-2-1-3-17-7-8/h4-6,8H,1-3,7,14H2,(H,15,16). The SMILES string of the molecule is Nc1cc(F)cc(NC(=O)C2CCCOC2)c1. The Bertz CT molecular complexity index is 397. The van der Waals surface area contributed by atoms with Crippen molar-refractivity contribution < 1.29 is 13.9 Å². The lowest BCUT2D eigenvalue weighted by atomic mass is 10.0. The second kappa shape index (κ2) is 5.14. The average Bonchev–Trinajstić information content (AvgIpc) is 2.28. The van der Waals surface area contributed by atoms with Gasteiger partial charge in [-0.25, -0.2) is 4.39 Å². The molecule has 0 saturated carbocycles. The molecular formula is C12H15FN2O2. The number of nitrogen functional groups attached to an aromatic ring is 1. The summed E-state index contributed by atoms with van der Waals surface area (Å²) in [5, 5.41) is 2.65. The fraction of sp³-hybridized carbons (Fsp3) is 0.417. The van der Waals surface area contributed by atoms with Crippen molar-refractivity contribution >= 4 is 17.3 Å². The number of hydrogen-bond acceptors (Lipinski definition) is 3. The van der Waals surface area contributed by atoms with E-state index in [0.717, 1.165) is 12.8 Å². The van der Waals surface area contributed by atoms with Crippen LogP contribution in [0.25, 0.3) is 0 Å². The molecule has 1 saturated heterocycles. The molecule has 4 nitrogen and oxygen atoms in total. The van der Waals surface area contributed by atoms with E-state index in [1.165, 1.54) is 18.2 Å². The van der Waals surface area contributed by atoms with Crippen molar-refractivity contribution in [3.8, 4) is 0 Å². The Labute approximate surface area is 98.9 Å². The smallest absolute Gasteiger partial charge is 0.229 e. The Morgan fingerprint density at radius 3 is 2.94 bits per heavy atom. The number of benzene rings is 1. The maximum Gasteiger partial charge on any atom is 0.229 e. The van der Waals surface area contributed by atoms with Crippen molar-refractivity contribution in [2.45, 2.75) is 12.8 Å². The first kappa shape index (κ1) is 11.9. The Morgan fingerprint density at radius 2 is 2.29 bits per heavy atom. The number of anilines is 2. The molecule has 2 rings (SSSR count). The van der Waals surface area contributed by atoms with Crippen molar-refractivity contribution in [2.75, 3.05) is 24.3 Å². The Balaban J connectivity index is 2.01. The molecule has 1 unspecified atom stereocenters. The molecule has 0 aromatic heterocycles. The summed E-state index contributed by atoms with van der Waals surface area (Å²) in [6.45, 7) is 1.13. The molecule has 3 N–H and O–H groups in total. The lowest BCUT2D eigenvalue weighted by Gasteiger charge is -2.21. The molecule has 1 heterocycles. The number of carbonyl (C=O) groups is 1. The van der Waals surface area contributed by atoms with Gasteiger partial charge in [-0.05, 0) is 31.0 Å². The predicted molar refractivity (Wildman–Crippen MR) is 63.0 cm³/mol. The van der Waals surface area contributed by atoms with E-state index in [1.54, 1.807) is 0 Å². The van der Waals surface area contributed by atoms with Gasteiger partial charge in [-0.3, -0.25) is 4.79 Å². The van der Waals surface area contributed by atoms with E-state index >= 15 is 0 Å². The van der Waals surface area contributed by atoms with Crippen LogP contribution in [0.3, 0.4) is 0 Å². The molecule has 0 aliphatic carbocycles. The Kier molecular flexibility index (Phi) is 3.58. The van der Waals surface area contributed by atoms with Gasteiger partial charge in [0.05, 0.1) is 12.5 Å². The van der Waals surface area contributed by atoms with E-state index in [1.807, 2.05) is 0 Å². The molecule has 0 bridgehead atoms. The number of halogens is 1. The number of rotatable bonds is 2. The lowest BCUT2D eigenvalue weighted by molar-refractivity contribution is -0.123. The summed E-state index contributed by atoms with van der Waals surface area (Å²) in [7, 11) is 0. The van der Waals surface area contributed by atoms with Gasteiger partial charge in [0.2, 0.25) is 5.91 Å². The van der Waals surface area contributed by atoms with Crippen LogP contribution in [0.2, 0.25) is 0 Å². The van der Waals surface area contributed by atoms with Crippen molar-refractivity contribution in [2.24, 2.45) is 5.92 Å². The number of carbonyl (C=O) groups excluding carboxylic acids is 1. The van der Waals surface area contributed by atoms with Gasteiger partial charge in [0.1, 0.15) is 5.82 Å². The van der Waals surface area contributed by atoms with Crippen LogP contribution in [-0.2, 0) is 9.53 Å². The van der Waals surface area contributed by atoms with E-state index < -0.39 is 5.82 Å². The maximum absolute atomic E-state index is 13.1. The summed E-state index contributed by atoms with van der Waals surface area (Å²) in [5.74, 6) is -0.761. The summed E-state index contributed by atoms with van der Waals surface area (Å²) >= 11 is 0. The van der Waals surface area contributed by atoms with Gasteiger partial charge < -0.3 is 15.8 Å². The van der Waals surface area contributed by atoms with Crippen LogP contribution >= 0.6 is 0 Å². The van der Waals surface area contributed by atoms with Crippen LogP contribution in [0, 0.1) is 11.7 Å². The summed E-state index contributed by atoms with van der Waals surface area (Å²) < 4.78 is 18.3. The maximum atomic E-state index is 13.1. The van der Waals surface area contributed by atoms with Gasteiger partial charge in [0.15, 0.2) is 0 Å². The number of hydrogen-bond donors (Lipinski definition) is 2. The number of ether oxygens (including phenoxy) is 1. The normalized spacial score (nSPS) is 19.9. The summed E-state index contributed by atoms with van der Waals surface area (Å²) in [5.41, 5.74) is 6.18. The molecule has 92 valence electrons. The van der Waals surface area contributed by atoms with Gasteiger partial charge in [-0.1, -0.05) is 0 Å². The number of nitrogens with one attached hydrogen (secondary N) is 1. The predicted octanol–water partition coefficient (Wildman–Crippen LogP) is 1.77. The van der Waals surface area contributed by atoms with E-state index in [4.69, 9.17) is 10.5 Å². The highest BCUT2D eigenvalue weighted by Crippen LogP contribution is 2.19. The van der Waals surface area contributed by atoms with Crippen molar-refractivity contribution in [3.63, 3.8) is 0 Å². The van der Waals surface area contributed by atoms with Gasteiger partial charge in [-0.2, -0.15) is 0 Å². The van der Waals surface area contributed by atoms with Gasteiger partial charge in [0, 0.05) is 18.0 Å². The Hall–Kier alpha value is -1.62.